The van der Waals surface area contributed by atoms with Gasteiger partial charge in [-0.15, -0.1) is 0 Å². The van der Waals surface area contributed by atoms with Gasteiger partial charge in [-0.3, -0.25) is 4.90 Å². The largest absolute Gasteiger partial charge is 0.391 e. The highest BCUT2D eigenvalue weighted by Gasteiger charge is 2.43. The molecule has 1 saturated carbocycles. The highest BCUT2D eigenvalue weighted by Crippen LogP contribution is 2.40. The zero-order chi connectivity index (χ0) is 15.2. The second-order valence-electron chi connectivity index (χ2n) is 6.63. The standard InChI is InChI=1S/C18H37NO/c1-6-15-12-11-13-16(14-15)17(20)18(7-2,8-3)19(9-4)10-5/h15-17,20H,6-14H2,1-5H3. The summed E-state index contributed by atoms with van der Waals surface area (Å²) < 4.78 is 0. The van der Waals surface area contributed by atoms with Crippen LogP contribution < -0.4 is 0 Å². The first-order valence-corrected chi connectivity index (χ1v) is 9.02. The van der Waals surface area contributed by atoms with Gasteiger partial charge >= 0.3 is 0 Å². The van der Waals surface area contributed by atoms with Gasteiger partial charge in [0.05, 0.1) is 6.10 Å². The van der Waals surface area contributed by atoms with Crippen molar-refractivity contribution in [2.24, 2.45) is 11.8 Å². The summed E-state index contributed by atoms with van der Waals surface area (Å²) in [6.07, 6.45) is 8.37. The Morgan fingerprint density at radius 1 is 1.05 bits per heavy atom. The molecule has 1 rings (SSSR count). The summed E-state index contributed by atoms with van der Waals surface area (Å²) in [5.74, 6) is 1.35. The minimum Gasteiger partial charge on any atom is -0.391 e. The van der Waals surface area contributed by atoms with Crippen LogP contribution in [0.2, 0.25) is 0 Å². The fourth-order valence-electron chi connectivity index (χ4n) is 4.58. The molecule has 0 aromatic carbocycles. The van der Waals surface area contributed by atoms with E-state index in [1.54, 1.807) is 0 Å². The number of hydrogen-bond donors (Lipinski definition) is 1. The predicted octanol–water partition coefficient (Wildman–Crippen LogP) is 4.46. The van der Waals surface area contributed by atoms with Crippen molar-refractivity contribution >= 4 is 0 Å². The summed E-state index contributed by atoms with van der Waals surface area (Å²) in [6, 6.07) is 0. The summed E-state index contributed by atoms with van der Waals surface area (Å²) in [5, 5.41) is 11.2. The lowest BCUT2D eigenvalue weighted by Gasteiger charge is -2.49. The van der Waals surface area contributed by atoms with Crippen LogP contribution >= 0.6 is 0 Å². The van der Waals surface area contributed by atoms with E-state index in [0.29, 0.717) is 5.92 Å². The van der Waals surface area contributed by atoms with Crippen molar-refractivity contribution in [2.45, 2.75) is 91.2 Å². The van der Waals surface area contributed by atoms with Crippen molar-refractivity contribution in [1.29, 1.82) is 0 Å². The highest BCUT2D eigenvalue weighted by molar-refractivity contribution is 4.98. The molecule has 3 unspecified atom stereocenters. The Morgan fingerprint density at radius 3 is 2.10 bits per heavy atom. The Balaban J connectivity index is 2.89. The third-order valence-electron chi connectivity index (χ3n) is 6.02. The number of nitrogens with zero attached hydrogens (tertiary/aromatic N) is 1. The van der Waals surface area contributed by atoms with Gasteiger partial charge in [-0.05, 0) is 50.6 Å². The van der Waals surface area contributed by atoms with Crippen LogP contribution in [0.5, 0.6) is 0 Å². The third-order valence-corrected chi connectivity index (χ3v) is 6.02. The number of hydrogen-bond acceptors (Lipinski definition) is 2. The van der Waals surface area contributed by atoms with Crippen LogP contribution in [0, 0.1) is 11.8 Å². The van der Waals surface area contributed by atoms with E-state index in [2.05, 4.69) is 39.5 Å². The summed E-state index contributed by atoms with van der Waals surface area (Å²) in [7, 11) is 0. The zero-order valence-corrected chi connectivity index (χ0v) is 14.5. The molecule has 3 atom stereocenters. The van der Waals surface area contributed by atoms with Crippen LogP contribution in [0.4, 0.5) is 0 Å². The van der Waals surface area contributed by atoms with E-state index >= 15 is 0 Å². The average molecular weight is 284 g/mol. The molecule has 0 saturated heterocycles. The first-order chi connectivity index (χ1) is 9.59. The topological polar surface area (TPSA) is 23.5 Å². The molecular weight excluding hydrogens is 246 g/mol. The van der Waals surface area contributed by atoms with Gasteiger partial charge in [0.1, 0.15) is 0 Å². The second-order valence-corrected chi connectivity index (χ2v) is 6.63. The molecule has 120 valence electrons. The number of rotatable bonds is 8. The lowest BCUT2D eigenvalue weighted by atomic mass is 9.70. The minimum absolute atomic E-state index is 0.0101. The van der Waals surface area contributed by atoms with Crippen LogP contribution in [0.25, 0.3) is 0 Å². The molecule has 2 nitrogen and oxygen atoms in total. The lowest BCUT2D eigenvalue weighted by Crippen LogP contribution is -2.58. The average Bonchev–Trinajstić information content (AvgIpc) is 2.52. The molecule has 20 heavy (non-hydrogen) atoms. The molecule has 2 heteroatoms. The van der Waals surface area contributed by atoms with Gasteiger partial charge in [0.2, 0.25) is 0 Å². The van der Waals surface area contributed by atoms with Crippen molar-refractivity contribution in [3.63, 3.8) is 0 Å². The molecule has 0 radical (unpaired) electrons. The van der Waals surface area contributed by atoms with E-state index in [9.17, 15) is 5.11 Å². The van der Waals surface area contributed by atoms with Crippen LogP contribution in [0.1, 0.15) is 79.6 Å². The van der Waals surface area contributed by atoms with Gasteiger partial charge in [-0.25, -0.2) is 0 Å². The number of aliphatic hydroxyl groups is 1. The highest BCUT2D eigenvalue weighted by atomic mass is 16.3. The first kappa shape index (κ1) is 18.0. The Labute approximate surface area is 126 Å². The minimum atomic E-state index is -0.160. The van der Waals surface area contributed by atoms with Gasteiger partial charge in [0.25, 0.3) is 0 Å². The maximum atomic E-state index is 11.2. The van der Waals surface area contributed by atoms with E-state index in [1.165, 1.54) is 32.1 Å². The lowest BCUT2D eigenvalue weighted by molar-refractivity contribution is -0.0758. The van der Waals surface area contributed by atoms with Crippen molar-refractivity contribution in [3.05, 3.63) is 0 Å². The van der Waals surface area contributed by atoms with Crippen molar-refractivity contribution < 1.29 is 5.11 Å². The molecule has 0 spiro atoms. The van der Waals surface area contributed by atoms with Crippen molar-refractivity contribution in [2.75, 3.05) is 13.1 Å². The van der Waals surface area contributed by atoms with Gasteiger partial charge in [0.15, 0.2) is 0 Å². The maximum absolute atomic E-state index is 11.2. The van der Waals surface area contributed by atoms with Crippen LogP contribution in [-0.4, -0.2) is 34.7 Å². The van der Waals surface area contributed by atoms with E-state index in [0.717, 1.165) is 31.8 Å². The van der Waals surface area contributed by atoms with Crippen LogP contribution in [0.3, 0.4) is 0 Å². The number of likely N-dealkylation sites (N-methyl/N-ethyl adjacent to an activating group) is 1. The fraction of sp³-hybridized carbons (Fsp3) is 1.00. The Kier molecular flexibility index (Phi) is 7.53. The molecule has 1 aliphatic rings. The molecule has 0 bridgehead atoms. The van der Waals surface area contributed by atoms with Crippen molar-refractivity contribution in [1.82, 2.24) is 4.90 Å². The molecule has 1 aliphatic carbocycles. The molecule has 0 aromatic rings. The summed E-state index contributed by atoms with van der Waals surface area (Å²) in [4.78, 5) is 2.51. The summed E-state index contributed by atoms with van der Waals surface area (Å²) in [6.45, 7) is 13.4. The molecule has 0 amide bonds. The smallest absolute Gasteiger partial charge is 0.0751 e. The monoisotopic (exact) mass is 283 g/mol. The maximum Gasteiger partial charge on any atom is 0.0751 e. The normalized spacial score (nSPS) is 25.9. The Hall–Kier alpha value is -0.0800. The van der Waals surface area contributed by atoms with E-state index in [1.807, 2.05) is 0 Å². The quantitative estimate of drug-likeness (QED) is 0.710. The van der Waals surface area contributed by atoms with Gasteiger partial charge in [0, 0.05) is 5.54 Å². The fourth-order valence-corrected chi connectivity index (χ4v) is 4.58. The molecular formula is C18H37NO. The van der Waals surface area contributed by atoms with Gasteiger partial charge in [-0.2, -0.15) is 0 Å². The molecule has 0 heterocycles. The Bertz CT molecular complexity index is 258. The van der Waals surface area contributed by atoms with Crippen LogP contribution in [0.15, 0.2) is 0 Å². The number of aliphatic hydroxyl groups excluding tert-OH is 1. The molecule has 1 fully saturated rings. The predicted molar refractivity (Wildman–Crippen MR) is 88.0 cm³/mol. The van der Waals surface area contributed by atoms with Gasteiger partial charge < -0.3 is 5.11 Å². The molecule has 0 aliphatic heterocycles. The van der Waals surface area contributed by atoms with Gasteiger partial charge in [-0.1, -0.05) is 53.9 Å². The summed E-state index contributed by atoms with van der Waals surface area (Å²) in [5.41, 5.74) is -0.0101. The Morgan fingerprint density at radius 2 is 1.65 bits per heavy atom. The van der Waals surface area contributed by atoms with E-state index in [4.69, 9.17) is 0 Å². The van der Waals surface area contributed by atoms with E-state index < -0.39 is 0 Å². The zero-order valence-electron chi connectivity index (χ0n) is 14.5. The molecule has 0 aromatic heterocycles. The molecule has 1 N–H and O–H groups in total. The SMILES string of the molecule is CCC1CCCC(C(O)C(CC)(CC)N(CC)CC)C1. The third kappa shape index (κ3) is 3.57. The second kappa shape index (κ2) is 8.38. The summed E-state index contributed by atoms with van der Waals surface area (Å²) >= 11 is 0. The first-order valence-electron chi connectivity index (χ1n) is 9.02. The van der Waals surface area contributed by atoms with Crippen LogP contribution in [-0.2, 0) is 0 Å². The van der Waals surface area contributed by atoms with Crippen molar-refractivity contribution in [3.8, 4) is 0 Å². The van der Waals surface area contributed by atoms with E-state index in [-0.39, 0.29) is 11.6 Å².